The average molecular weight is 261 g/mol. The quantitative estimate of drug-likeness (QED) is 0.877. The number of imidazole rings is 1. The van der Waals surface area contributed by atoms with Gasteiger partial charge in [-0.2, -0.15) is 4.98 Å². The van der Waals surface area contributed by atoms with Gasteiger partial charge in [0.1, 0.15) is 0 Å². The zero-order valence-electron chi connectivity index (χ0n) is 11.0. The van der Waals surface area contributed by atoms with Crippen molar-refractivity contribution in [1.29, 1.82) is 0 Å². The molecule has 0 saturated heterocycles. The Morgan fingerprint density at radius 1 is 1.53 bits per heavy atom. The summed E-state index contributed by atoms with van der Waals surface area (Å²) >= 11 is 0. The highest BCUT2D eigenvalue weighted by molar-refractivity contribution is 5.04. The molecular formula is C13H19N5O. The Morgan fingerprint density at radius 2 is 2.42 bits per heavy atom. The molecular weight excluding hydrogens is 242 g/mol. The highest BCUT2D eigenvalue weighted by Crippen LogP contribution is 2.36. The van der Waals surface area contributed by atoms with Crippen molar-refractivity contribution < 1.29 is 4.52 Å². The molecule has 1 aliphatic rings. The van der Waals surface area contributed by atoms with Crippen molar-refractivity contribution in [2.24, 2.45) is 11.7 Å². The van der Waals surface area contributed by atoms with Gasteiger partial charge in [0.05, 0.1) is 12.4 Å². The number of rotatable bonds is 4. The van der Waals surface area contributed by atoms with Crippen LogP contribution < -0.4 is 5.73 Å². The summed E-state index contributed by atoms with van der Waals surface area (Å²) in [7, 11) is 0. The Hall–Kier alpha value is -1.69. The van der Waals surface area contributed by atoms with Crippen LogP contribution in [-0.4, -0.2) is 20.1 Å². The van der Waals surface area contributed by atoms with Crippen molar-refractivity contribution in [3.8, 4) is 0 Å². The lowest BCUT2D eigenvalue weighted by molar-refractivity contribution is 0.347. The first-order valence-corrected chi connectivity index (χ1v) is 6.78. The van der Waals surface area contributed by atoms with Crippen LogP contribution >= 0.6 is 0 Å². The number of hydrogen-bond acceptors (Lipinski definition) is 5. The normalized spacial score (nSPS) is 24.7. The Morgan fingerprint density at radius 3 is 3.11 bits per heavy atom. The summed E-state index contributed by atoms with van der Waals surface area (Å²) < 4.78 is 5.30. The van der Waals surface area contributed by atoms with Gasteiger partial charge < -0.3 is 15.2 Å². The van der Waals surface area contributed by atoms with E-state index in [1.54, 1.807) is 12.5 Å². The zero-order valence-corrected chi connectivity index (χ0v) is 11.0. The third-order valence-corrected chi connectivity index (χ3v) is 3.83. The second kappa shape index (κ2) is 5.13. The standard InChI is InChI=1S/C13H19N5O/c1-8-2-3-9(4-8)12-17-13(19-18-12)11(14)5-10-6-15-7-16-10/h6-9,11H,2-5,14H2,1H3,(H,15,16). The van der Waals surface area contributed by atoms with E-state index in [9.17, 15) is 0 Å². The third kappa shape index (κ3) is 2.68. The average Bonchev–Trinajstić information content (AvgIpc) is 3.07. The van der Waals surface area contributed by atoms with Crippen LogP contribution in [0.5, 0.6) is 0 Å². The minimum absolute atomic E-state index is 0.277. The molecule has 0 spiro atoms. The zero-order chi connectivity index (χ0) is 13.2. The number of aromatic nitrogens is 4. The van der Waals surface area contributed by atoms with Gasteiger partial charge in [0.2, 0.25) is 5.89 Å². The summed E-state index contributed by atoms with van der Waals surface area (Å²) in [6.07, 6.45) is 7.57. The van der Waals surface area contributed by atoms with E-state index in [4.69, 9.17) is 10.3 Å². The second-order valence-electron chi connectivity index (χ2n) is 5.49. The minimum Gasteiger partial charge on any atom is -0.348 e. The largest absolute Gasteiger partial charge is 0.348 e. The monoisotopic (exact) mass is 261 g/mol. The molecule has 0 bridgehead atoms. The molecule has 3 atom stereocenters. The lowest BCUT2D eigenvalue weighted by Gasteiger charge is -2.04. The number of H-pyrrole nitrogens is 1. The van der Waals surface area contributed by atoms with Gasteiger partial charge in [0, 0.05) is 24.2 Å². The number of aromatic amines is 1. The van der Waals surface area contributed by atoms with Crippen molar-refractivity contribution in [3.63, 3.8) is 0 Å². The summed E-state index contributed by atoms with van der Waals surface area (Å²) in [5.41, 5.74) is 7.06. The van der Waals surface area contributed by atoms with Crippen molar-refractivity contribution >= 4 is 0 Å². The maximum absolute atomic E-state index is 6.08. The van der Waals surface area contributed by atoms with E-state index in [2.05, 4.69) is 27.0 Å². The SMILES string of the molecule is CC1CCC(c2noc(C(N)Cc3cnc[nH]3)n2)C1. The summed E-state index contributed by atoms with van der Waals surface area (Å²) in [4.78, 5) is 11.5. The van der Waals surface area contributed by atoms with Crippen molar-refractivity contribution in [2.45, 2.75) is 44.6 Å². The molecule has 1 saturated carbocycles. The molecule has 3 N–H and O–H groups in total. The number of nitrogens with zero attached hydrogens (tertiary/aromatic N) is 3. The molecule has 1 aliphatic carbocycles. The van der Waals surface area contributed by atoms with Gasteiger partial charge in [0.15, 0.2) is 5.82 Å². The first kappa shape index (κ1) is 12.3. The second-order valence-corrected chi connectivity index (χ2v) is 5.49. The Bertz CT molecular complexity index is 521. The first-order valence-electron chi connectivity index (χ1n) is 6.78. The fourth-order valence-electron chi connectivity index (χ4n) is 2.73. The molecule has 3 unspecified atom stereocenters. The molecule has 2 aromatic heterocycles. The predicted molar refractivity (Wildman–Crippen MR) is 69.3 cm³/mol. The minimum atomic E-state index is -0.277. The Kier molecular flexibility index (Phi) is 3.33. The third-order valence-electron chi connectivity index (χ3n) is 3.83. The predicted octanol–water partition coefficient (Wildman–Crippen LogP) is 1.94. The Balaban J connectivity index is 1.67. The van der Waals surface area contributed by atoms with Gasteiger partial charge in [-0.1, -0.05) is 12.1 Å². The van der Waals surface area contributed by atoms with Gasteiger partial charge in [0.25, 0.3) is 0 Å². The molecule has 0 aromatic carbocycles. The van der Waals surface area contributed by atoms with E-state index < -0.39 is 0 Å². The summed E-state index contributed by atoms with van der Waals surface area (Å²) in [6.45, 7) is 2.27. The van der Waals surface area contributed by atoms with E-state index in [1.165, 1.54) is 6.42 Å². The molecule has 102 valence electrons. The van der Waals surface area contributed by atoms with Crippen LogP contribution in [0.3, 0.4) is 0 Å². The molecule has 2 aromatic rings. The lowest BCUT2D eigenvalue weighted by atomic mass is 10.1. The first-order chi connectivity index (χ1) is 9.22. The molecule has 19 heavy (non-hydrogen) atoms. The van der Waals surface area contributed by atoms with Crippen LogP contribution in [0.15, 0.2) is 17.0 Å². The fourth-order valence-corrected chi connectivity index (χ4v) is 2.73. The van der Waals surface area contributed by atoms with Crippen molar-refractivity contribution in [2.75, 3.05) is 0 Å². The van der Waals surface area contributed by atoms with Crippen LogP contribution in [0, 0.1) is 5.92 Å². The number of nitrogens with one attached hydrogen (secondary N) is 1. The number of nitrogens with two attached hydrogens (primary N) is 1. The van der Waals surface area contributed by atoms with Gasteiger partial charge in [-0.25, -0.2) is 4.98 Å². The number of hydrogen-bond donors (Lipinski definition) is 2. The van der Waals surface area contributed by atoms with Crippen LogP contribution in [-0.2, 0) is 6.42 Å². The Labute approximate surface area is 111 Å². The summed E-state index contributed by atoms with van der Waals surface area (Å²) in [6, 6.07) is -0.277. The molecule has 3 rings (SSSR count). The molecule has 2 heterocycles. The van der Waals surface area contributed by atoms with Gasteiger partial charge in [-0.3, -0.25) is 0 Å². The summed E-state index contributed by atoms with van der Waals surface area (Å²) in [5, 5.41) is 4.09. The van der Waals surface area contributed by atoms with Crippen molar-refractivity contribution in [3.05, 3.63) is 29.9 Å². The topological polar surface area (TPSA) is 93.6 Å². The fraction of sp³-hybridized carbons (Fsp3) is 0.615. The highest BCUT2D eigenvalue weighted by Gasteiger charge is 2.27. The van der Waals surface area contributed by atoms with E-state index in [0.717, 1.165) is 30.3 Å². The smallest absolute Gasteiger partial charge is 0.243 e. The van der Waals surface area contributed by atoms with E-state index in [-0.39, 0.29) is 6.04 Å². The van der Waals surface area contributed by atoms with E-state index >= 15 is 0 Å². The molecule has 0 amide bonds. The van der Waals surface area contributed by atoms with Crippen LogP contribution in [0.25, 0.3) is 0 Å². The maximum atomic E-state index is 6.08. The van der Waals surface area contributed by atoms with Crippen molar-refractivity contribution in [1.82, 2.24) is 20.1 Å². The molecule has 6 nitrogen and oxygen atoms in total. The van der Waals surface area contributed by atoms with Crippen LogP contribution in [0.2, 0.25) is 0 Å². The highest BCUT2D eigenvalue weighted by atomic mass is 16.5. The van der Waals surface area contributed by atoms with E-state index in [1.807, 2.05) is 0 Å². The molecule has 0 aliphatic heterocycles. The van der Waals surface area contributed by atoms with E-state index in [0.29, 0.717) is 18.2 Å². The van der Waals surface area contributed by atoms with Crippen LogP contribution in [0.4, 0.5) is 0 Å². The van der Waals surface area contributed by atoms with Gasteiger partial charge >= 0.3 is 0 Å². The summed E-state index contributed by atoms with van der Waals surface area (Å²) in [5.74, 6) is 2.53. The molecule has 6 heteroatoms. The molecule has 0 radical (unpaired) electrons. The molecule has 1 fully saturated rings. The van der Waals surface area contributed by atoms with Crippen LogP contribution in [0.1, 0.15) is 55.6 Å². The maximum Gasteiger partial charge on any atom is 0.243 e. The van der Waals surface area contributed by atoms with Gasteiger partial charge in [-0.05, 0) is 25.2 Å². The van der Waals surface area contributed by atoms with Gasteiger partial charge in [-0.15, -0.1) is 0 Å². The lowest BCUT2D eigenvalue weighted by Crippen LogP contribution is -2.14.